The first-order valence-electron chi connectivity index (χ1n) is 12.9. The smallest absolute Gasteiger partial charge is 0.421 e. The summed E-state index contributed by atoms with van der Waals surface area (Å²) < 4.78 is 45.6. The first-order valence-corrected chi connectivity index (χ1v) is 12.9. The number of benzene rings is 2. The number of aliphatic hydroxyl groups is 1. The molecule has 0 aromatic heterocycles. The number of rotatable bonds is 11. The Bertz CT molecular complexity index is 1190. The van der Waals surface area contributed by atoms with Crippen LogP contribution in [0.15, 0.2) is 42.5 Å². The Labute approximate surface area is 221 Å². The van der Waals surface area contributed by atoms with Crippen LogP contribution >= 0.6 is 0 Å². The van der Waals surface area contributed by atoms with Crippen molar-refractivity contribution in [2.75, 3.05) is 13.2 Å². The fourth-order valence-electron chi connectivity index (χ4n) is 4.57. The average Bonchev–Trinajstić information content (AvgIpc) is 3.04. The minimum atomic E-state index is -4.81. The lowest BCUT2D eigenvalue weighted by atomic mass is 9.79. The molecule has 2 aromatic carbocycles. The third-order valence-electron chi connectivity index (χ3n) is 7.30. The maximum atomic E-state index is 13.3. The van der Waals surface area contributed by atoms with Gasteiger partial charge in [-0.05, 0) is 73.9 Å². The van der Waals surface area contributed by atoms with E-state index in [9.17, 15) is 27.9 Å². The number of hydrogen-bond donors (Lipinski definition) is 2. The Hall–Kier alpha value is -3.20. The van der Waals surface area contributed by atoms with Gasteiger partial charge >= 0.3 is 6.18 Å². The highest BCUT2D eigenvalue weighted by atomic mass is 19.4. The number of alkyl halides is 3. The Morgan fingerprint density at radius 3 is 2.29 bits per heavy atom. The third-order valence-corrected chi connectivity index (χ3v) is 7.30. The molecule has 0 saturated carbocycles. The highest BCUT2D eigenvalue weighted by Gasteiger charge is 2.54. The number of carbonyl (C=O) groups is 2. The van der Waals surface area contributed by atoms with Gasteiger partial charge in [0.2, 0.25) is 5.91 Å². The molecule has 3 rings (SSSR count). The Balaban J connectivity index is 1.61. The van der Waals surface area contributed by atoms with Gasteiger partial charge in [-0.1, -0.05) is 50.6 Å². The molecular weight excluding hydrogens is 497 g/mol. The third kappa shape index (κ3) is 5.48. The summed E-state index contributed by atoms with van der Waals surface area (Å²) in [5.41, 5.74) is -2.51. The van der Waals surface area contributed by atoms with Crippen LogP contribution in [-0.4, -0.2) is 46.9 Å². The van der Waals surface area contributed by atoms with Crippen LogP contribution < -0.4 is 4.74 Å². The van der Waals surface area contributed by atoms with Gasteiger partial charge < -0.3 is 9.84 Å². The van der Waals surface area contributed by atoms with Crippen molar-refractivity contribution in [3.63, 3.8) is 0 Å². The van der Waals surface area contributed by atoms with Crippen molar-refractivity contribution >= 4 is 17.5 Å². The summed E-state index contributed by atoms with van der Waals surface area (Å²) in [4.78, 5) is 27.1. The fraction of sp³-hybridized carbons (Fsp3) is 0.483. The topological polar surface area (TPSA) is 90.7 Å². The number of carbonyl (C=O) groups excluding carboxylic acids is 2. The second kappa shape index (κ2) is 11.3. The standard InChI is InChI=1S/C29H35F3N2O4/c1-5-9-20-18-22(28(4,37)29(30,31)32)14-15-23(20)38-17-8-7-16-34-25(35)24(33)27(3,26(34)36)21-12-10-19(6-2)11-13-21/h10-15,18,33,37H,5-9,16-17H2,1-4H3. The molecule has 2 N–H and O–H groups in total. The van der Waals surface area contributed by atoms with Crippen LogP contribution in [0.1, 0.15) is 69.2 Å². The number of imide groups is 1. The summed E-state index contributed by atoms with van der Waals surface area (Å²) >= 11 is 0. The van der Waals surface area contributed by atoms with Crippen molar-refractivity contribution in [2.24, 2.45) is 0 Å². The summed E-state index contributed by atoms with van der Waals surface area (Å²) in [5, 5.41) is 18.4. The van der Waals surface area contributed by atoms with Gasteiger partial charge in [-0.3, -0.25) is 19.9 Å². The molecule has 0 bridgehead atoms. The van der Waals surface area contributed by atoms with Gasteiger partial charge in [0.25, 0.3) is 5.91 Å². The van der Waals surface area contributed by atoms with Crippen LogP contribution in [0.25, 0.3) is 0 Å². The van der Waals surface area contributed by atoms with Gasteiger partial charge in [-0.2, -0.15) is 13.2 Å². The van der Waals surface area contributed by atoms with Gasteiger partial charge in [0.05, 0.1) is 6.61 Å². The molecule has 2 atom stereocenters. The molecule has 0 spiro atoms. The SMILES string of the molecule is CCCc1cc(C(C)(O)C(F)(F)F)ccc1OCCCCN1C(=O)C(=N)C(C)(c2ccc(CC)cc2)C1=O. The van der Waals surface area contributed by atoms with Crippen molar-refractivity contribution in [2.45, 2.75) is 77.0 Å². The second-order valence-corrected chi connectivity index (χ2v) is 10.0. The zero-order valence-electron chi connectivity index (χ0n) is 22.2. The molecular formula is C29H35F3N2O4. The van der Waals surface area contributed by atoms with Crippen LogP contribution in [0.3, 0.4) is 0 Å². The zero-order chi connectivity index (χ0) is 28.3. The molecule has 206 valence electrons. The lowest BCUT2D eigenvalue weighted by Gasteiger charge is -2.27. The predicted octanol–water partition coefficient (Wildman–Crippen LogP) is 5.48. The van der Waals surface area contributed by atoms with Crippen LogP contribution in [0.4, 0.5) is 13.2 Å². The van der Waals surface area contributed by atoms with Gasteiger partial charge in [0.1, 0.15) is 16.9 Å². The number of likely N-dealkylation sites (tertiary alicyclic amines) is 1. The Morgan fingerprint density at radius 1 is 1.05 bits per heavy atom. The molecule has 1 heterocycles. The van der Waals surface area contributed by atoms with Crippen LogP contribution in [-0.2, 0) is 33.4 Å². The largest absolute Gasteiger partial charge is 0.493 e. The van der Waals surface area contributed by atoms with E-state index in [1.54, 1.807) is 19.1 Å². The molecule has 0 aliphatic carbocycles. The number of unbranched alkanes of at least 4 members (excludes halogenated alkanes) is 1. The molecule has 6 nitrogen and oxygen atoms in total. The van der Waals surface area contributed by atoms with Crippen molar-refractivity contribution in [1.82, 2.24) is 4.90 Å². The van der Waals surface area contributed by atoms with Gasteiger partial charge in [-0.15, -0.1) is 0 Å². The Morgan fingerprint density at radius 2 is 1.71 bits per heavy atom. The van der Waals surface area contributed by atoms with Crippen LogP contribution in [0.5, 0.6) is 5.75 Å². The number of nitrogens with one attached hydrogen (secondary N) is 1. The Kier molecular flexibility index (Phi) is 8.71. The van der Waals surface area contributed by atoms with E-state index in [2.05, 4.69) is 0 Å². The summed E-state index contributed by atoms with van der Waals surface area (Å²) in [6.45, 7) is 6.62. The van der Waals surface area contributed by atoms with E-state index in [4.69, 9.17) is 10.1 Å². The van der Waals surface area contributed by atoms with E-state index in [-0.39, 0.29) is 24.4 Å². The predicted molar refractivity (Wildman–Crippen MR) is 138 cm³/mol. The number of aryl methyl sites for hydroxylation is 2. The quantitative estimate of drug-likeness (QED) is 0.296. The van der Waals surface area contributed by atoms with E-state index in [1.807, 2.05) is 26.0 Å². The monoisotopic (exact) mass is 532 g/mol. The first kappa shape index (κ1) is 29.4. The molecule has 0 radical (unpaired) electrons. The minimum absolute atomic E-state index is 0.140. The maximum Gasteiger partial charge on any atom is 0.421 e. The van der Waals surface area contributed by atoms with Crippen LogP contribution in [0.2, 0.25) is 0 Å². The molecule has 1 fully saturated rings. The molecule has 9 heteroatoms. The molecule has 1 aliphatic rings. The first-order chi connectivity index (χ1) is 17.8. The highest BCUT2D eigenvalue weighted by molar-refractivity contribution is 6.52. The number of nitrogens with zero attached hydrogens (tertiary/aromatic N) is 1. The lowest BCUT2D eigenvalue weighted by molar-refractivity contribution is -0.258. The van der Waals surface area contributed by atoms with Crippen LogP contribution in [0, 0.1) is 5.41 Å². The van der Waals surface area contributed by atoms with E-state index in [0.29, 0.717) is 42.6 Å². The molecule has 2 amide bonds. The van der Waals surface area contributed by atoms with Gasteiger partial charge in [-0.25, -0.2) is 0 Å². The molecule has 38 heavy (non-hydrogen) atoms. The summed E-state index contributed by atoms with van der Waals surface area (Å²) in [5.74, 6) is -0.586. The van der Waals surface area contributed by atoms with Crippen molar-refractivity contribution < 1.29 is 32.6 Å². The summed E-state index contributed by atoms with van der Waals surface area (Å²) in [6.07, 6.45) is -1.88. The molecule has 1 saturated heterocycles. The maximum absolute atomic E-state index is 13.3. The zero-order valence-corrected chi connectivity index (χ0v) is 22.2. The fourth-order valence-corrected chi connectivity index (χ4v) is 4.57. The minimum Gasteiger partial charge on any atom is -0.493 e. The van der Waals surface area contributed by atoms with E-state index >= 15 is 0 Å². The van der Waals surface area contributed by atoms with E-state index in [1.165, 1.54) is 18.2 Å². The summed E-state index contributed by atoms with van der Waals surface area (Å²) in [6, 6.07) is 11.4. The van der Waals surface area contributed by atoms with Crippen molar-refractivity contribution in [3.8, 4) is 5.75 Å². The molecule has 2 aromatic rings. The number of hydrogen-bond acceptors (Lipinski definition) is 5. The van der Waals surface area contributed by atoms with Crippen molar-refractivity contribution in [1.29, 1.82) is 5.41 Å². The van der Waals surface area contributed by atoms with E-state index in [0.717, 1.165) is 23.8 Å². The summed E-state index contributed by atoms with van der Waals surface area (Å²) in [7, 11) is 0. The second-order valence-electron chi connectivity index (χ2n) is 10.0. The van der Waals surface area contributed by atoms with Crippen molar-refractivity contribution in [3.05, 3.63) is 64.7 Å². The molecule has 2 unspecified atom stereocenters. The van der Waals surface area contributed by atoms with Gasteiger partial charge in [0.15, 0.2) is 5.60 Å². The molecule has 1 aliphatic heterocycles. The normalized spacial score (nSPS) is 19.7. The highest BCUT2D eigenvalue weighted by Crippen LogP contribution is 2.40. The average molecular weight is 533 g/mol. The number of halogens is 3. The van der Waals surface area contributed by atoms with Gasteiger partial charge in [0, 0.05) is 6.54 Å². The van der Waals surface area contributed by atoms with E-state index < -0.39 is 29.0 Å². The number of amides is 2. The number of ether oxygens (including phenoxy) is 1. The lowest BCUT2D eigenvalue weighted by Crippen LogP contribution is -2.39.